The van der Waals surface area contributed by atoms with E-state index in [1.54, 1.807) is 24.4 Å². The van der Waals surface area contributed by atoms with Gasteiger partial charge in [0, 0.05) is 13.1 Å². The maximum absolute atomic E-state index is 12.4. The average molecular weight is 352 g/mol. The van der Waals surface area contributed by atoms with Crippen LogP contribution in [0, 0.1) is 6.92 Å². The van der Waals surface area contributed by atoms with Crippen molar-refractivity contribution >= 4 is 39.0 Å². The van der Waals surface area contributed by atoms with E-state index in [0.29, 0.717) is 10.6 Å². The van der Waals surface area contributed by atoms with Crippen molar-refractivity contribution in [3.05, 3.63) is 46.0 Å². The third-order valence-corrected chi connectivity index (χ3v) is 5.26. The molecule has 23 heavy (non-hydrogen) atoms. The van der Waals surface area contributed by atoms with Gasteiger partial charge in [0.2, 0.25) is 0 Å². The molecule has 0 bridgehead atoms. The van der Waals surface area contributed by atoms with Gasteiger partial charge in [-0.1, -0.05) is 11.2 Å². The molecule has 1 amide bonds. The largest absolute Gasteiger partial charge is 0.360 e. The van der Waals surface area contributed by atoms with Gasteiger partial charge in [0.25, 0.3) is 5.91 Å². The minimum atomic E-state index is -3.96. The van der Waals surface area contributed by atoms with E-state index in [9.17, 15) is 13.2 Å². The third kappa shape index (κ3) is 3.03. The van der Waals surface area contributed by atoms with E-state index < -0.39 is 16.1 Å². The summed E-state index contributed by atoms with van der Waals surface area (Å²) < 4.78 is 33.7. The van der Waals surface area contributed by atoms with Gasteiger partial charge in [-0.25, -0.2) is 4.31 Å². The maximum atomic E-state index is 12.4. The van der Waals surface area contributed by atoms with Crippen molar-refractivity contribution in [1.29, 1.82) is 0 Å². The Kier molecular flexibility index (Phi) is 3.78. The first-order valence-corrected chi connectivity index (χ1v) is 8.73. The van der Waals surface area contributed by atoms with E-state index in [1.165, 1.54) is 30.5 Å². The van der Waals surface area contributed by atoms with Gasteiger partial charge in [0.15, 0.2) is 5.82 Å². The molecule has 0 spiro atoms. The molecule has 2 aromatic heterocycles. The molecule has 0 unspecified atom stereocenters. The highest BCUT2D eigenvalue weighted by Crippen LogP contribution is 2.22. The molecule has 8 nitrogen and oxygen atoms in total. The second-order valence-corrected chi connectivity index (χ2v) is 7.28. The zero-order valence-corrected chi connectivity index (χ0v) is 13.8. The second-order valence-electron chi connectivity index (χ2n) is 4.71. The highest BCUT2D eigenvalue weighted by molar-refractivity contribution is 7.88. The molecule has 0 saturated carbocycles. The minimum Gasteiger partial charge on any atom is -0.360 e. The Hall–Kier alpha value is -2.46. The molecule has 2 aromatic rings. The smallest absolute Gasteiger partial charge is 0.345 e. The number of nitrogens with zero attached hydrogens (tertiary/aromatic N) is 3. The first-order valence-electron chi connectivity index (χ1n) is 6.46. The summed E-state index contributed by atoms with van der Waals surface area (Å²) in [4.78, 5) is 13.0. The van der Waals surface area contributed by atoms with Crippen LogP contribution in [0.2, 0.25) is 0 Å². The Balaban J connectivity index is 1.96. The van der Waals surface area contributed by atoms with Gasteiger partial charge in [-0.2, -0.15) is 8.42 Å². The molecule has 0 aromatic carbocycles. The van der Waals surface area contributed by atoms with Gasteiger partial charge < -0.3 is 9.84 Å². The van der Waals surface area contributed by atoms with Crippen LogP contribution in [0.3, 0.4) is 0 Å². The lowest BCUT2D eigenvalue weighted by molar-refractivity contribution is -0.113. The first-order chi connectivity index (χ1) is 10.9. The fraction of sp³-hybridized carbons (Fsp3) is 0.154. The molecule has 10 heteroatoms. The Bertz CT molecular complexity index is 910. The second kappa shape index (κ2) is 5.63. The predicted octanol–water partition coefficient (Wildman–Crippen LogP) is 1.55. The lowest BCUT2D eigenvalue weighted by Gasteiger charge is -2.22. The molecule has 0 radical (unpaired) electrons. The first kappa shape index (κ1) is 15.4. The Morgan fingerprint density at radius 3 is 2.83 bits per heavy atom. The van der Waals surface area contributed by atoms with E-state index in [0.717, 1.165) is 4.31 Å². The molecule has 3 rings (SSSR count). The number of thiophene rings is 1. The van der Waals surface area contributed by atoms with Gasteiger partial charge in [0.05, 0.1) is 10.6 Å². The fourth-order valence-electron chi connectivity index (χ4n) is 1.91. The normalized spacial score (nSPS) is 16.7. The number of anilines is 1. The van der Waals surface area contributed by atoms with Crippen molar-refractivity contribution in [3.63, 3.8) is 0 Å². The molecule has 0 atom stereocenters. The molecule has 3 heterocycles. The maximum Gasteiger partial charge on any atom is 0.345 e. The molecule has 0 aliphatic carbocycles. The number of hydrogen-bond donors (Lipinski definition) is 1. The van der Waals surface area contributed by atoms with Crippen LogP contribution in [0.25, 0.3) is 0 Å². The molecular formula is C13H12N4O4S2. The highest BCUT2D eigenvalue weighted by atomic mass is 32.2. The number of hydrogen-bond acceptors (Lipinski definition) is 6. The third-order valence-electron chi connectivity index (χ3n) is 3.05. The Morgan fingerprint density at radius 1 is 1.43 bits per heavy atom. The lowest BCUT2D eigenvalue weighted by atomic mass is 10.2. The molecule has 1 aliphatic rings. The van der Waals surface area contributed by atoms with E-state index in [1.807, 2.05) is 0 Å². The Morgan fingerprint density at radius 2 is 2.22 bits per heavy atom. The van der Waals surface area contributed by atoms with Gasteiger partial charge in [-0.3, -0.25) is 4.79 Å². The van der Waals surface area contributed by atoms with Crippen LogP contribution in [0.1, 0.15) is 10.6 Å². The number of rotatable bonds is 3. The zero-order chi connectivity index (χ0) is 16.6. The minimum absolute atomic E-state index is 0.0518. The molecule has 0 saturated heterocycles. The number of carbonyl (C=O) groups excluding carboxylic acids is 1. The quantitative estimate of drug-likeness (QED) is 0.902. The summed E-state index contributed by atoms with van der Waals surface area (Å²) in [7, 11) is -2.70. The summed E-state index contributed by atoms with van der Waals surface area (Å²) in [6, 6.07) is 5.04. The summed E-state index contributed by atoms with van der Waals surface area (Å²) in [6.45, 7) is 1.68. The van der Waals surface area contributed by atoms with Crippen molar-refractivity contribution in [3.8, 4) is 0 Å². The SMILES string of the molecule is Cc1cc(NC(=O)C2=CC(c3cccs3)=NS(=O)(=O)N2C)no1. The molecule has 0 fully saturated rings. The van der Waals surface area contributed by atoms with Crippen molar-refractivity contribution in [2.45, 2.75) is 6.92 Å². The van der Waals surface area contributed by atoms with Gasteiger partial charge in [-0.05, 0) is 24.4 Å². The number of allylic oxidation sites excluding steroid dienone is 1. The number of carbonyl (C=O) groups is 1. The summed E-state index contributed by atoms with van der Waals surface area (Å²) in [5.74, 6) is 0.118. The zero-order valence-electron chi connectivity index (χ0n) is 12.2. The number of aryl methyl sites for hydroxylation is 1. The predicted molar refractivity (Wildman–Crippen MR) is 85.5 cm³/mol. The van der Waals surface area contributed by atoms with E-state index >= 15 is 0 Å². The summed E-state index contributed by atoms with van der Waals surface area (Å²) in [6.07, 6.45) is 1.43. The van der Waals surface area contributed by atoms with Crippen LogP contribution in [0.4, 0.5) is 5.82 Å². The number of nitrogens with one attached hydrogen (secondary N) is 1. The van der Waals surface area contributed by atoms with E-state index in [2.05, 4.69) is 14.9 Å². The van der Waals surface area contributed by atoms with E-state index in [-0.39, 0.29) is 17.2 Å². The van der Waals surface area contributed by atoms with Crippen molar-refractivity contribution in [2.75, 3.05) is 12.4 Å². The average Bonchev–Trinajstić information content (AvgIpc) is 3.13. The van der Waals surface area contributed by atoms with Gasteiger partial charge in [-0.15, -0.1) is 15.7 Å². The number of likely N-dealkylation sites (N-methyl/N-ethyl adjacent to an activating group) is 1. The molecular weight excluding hydrogens is 340 g/mol. The highest BCUT2D eigenvalue weighted by Gasteiger charge is 2.30. The lowest BCUT2D eigenvalue weighted by Crippen LogP contribution is -2.35. The summed E-state index contributed by atoms with van der Waals surface area (Å²) >= 11 is 1.34. The van der Waals surface area contributed by atoms with Gasteiger partial charge >= 0.3 is 10.2 Å². The van der Waals surface area contributed by atoms with Crippen LogP contribution < -0.4 is 5.32 Å². The summed E-state index contributed by atoms with van der Waals surface area (Å²) in [5, 5.41) is 7.95. The number of amides is 1. The summed E-state index contributed by atoms with van der Waals surface area (Å²) in [5.41, 5.74) is 0.170. The van der Waals surface area contributed by atoms with Crippen LogP contribution >= 0.6 is 11.3 Å². The van der Waals surface area contributed by atoms with Crippen LogP contribution in [0.5, 0.6) is 0 Å². The number of aromatic nitrogens is 1. The van der Waals surface area contributed by atoms with E-state index in [4.69, 9.17) is 4.52 Å². The Labute approximate surface area is 136 Å². The van der Waals surface area contributed by atoms with Crippen LogP contribution in [-0.2, 0) is 15.0 Å². The topological polar surface area (TPSA) is 105 Å². The molecule has 1 aliphatic heterocycles. The van der Waals surface area contributed by atoms with Crippen molar-refractivity contribution in [2.24, 2.45) is 4.40 Å². The van der Waals surface area contributed by atoms with Gasteiger partial charge in [0.1, 0.15) is 11.5 Å². The molecule has 120 valence electrons. The standard InChI is InChI=1S/C13H12N4O4S2/c1-8-6-12(15-21-8)14-13(18)10-7-9(11-4-3-5-22-11)16-23(19,20)17(10)2/h3-7H,1-2H3,(H,14,15,18). The monoisotopic (exact) mass is 352 g/mol. The van der Waals surface area contributed by atoms with Crippen LogP contribution in [-0.4, -0.2) is 36.5 Å². The van der Waals surface area contributed by atoms with Crippen molar-refractivity contribution in [1.82, 2.24) is 9.46 Å². The van der Waals surface area contributed by atoms with Crippen LogP contribution in [0.15, 0.2) is 44.3 Å². The van der Waals surface area contributed by atoms with Crippen molar-refractivity contribution < 1.29 is 17.7 Å². The fourth-order valence-corrected chi connectivity index (χ4v) is 3.56. The molecule has 1 N–H and O–H groups in total.